The van der Waals surface area contributed by atoms with Crippen molar-refractivity contribution in [2.45, 2.75) is 50.0 Å². The largest absolute Gasteiger partial charge is 0.508 e. The standard InChI is InChI=1S/C23H27ClN2O5/c24-15-2-5-17(6-3-15)30-18-9-10-26(13-18)19-7-8-20(23(19)29)31-21-12-16(27)4-1-14(21)11-22(25)28/h1-6,12,18-20,23,27,29H,7-11,13H2,(H2,25,28)/t18-,19-,20-,23+/m0/s1. The molecular weight excluding hydrogens is 420 g/mol. The Morgan fingerprint density at radius 3 is 2.65 bits per heavy atom. The summed E-state index contributed by atoms with van der Waals surface area (Å²) in [7, 11) is 0. The van der Waals surface area contributed by atoms with Crippen molar-refractivity contribution in [3.8, 4) is 17.2 Å². The molecule has 1 saturated heterocycles. The molecular formula is C23H27ClN2O5. The summed E-state index contributed by atoms with van der Waals surface area (Å²) in [6.45, 7) is 1.57. The average Bonchev–Trinajstić information content (AvgIpc) is 3.32. The van der Waals surface area contributed by atoms with Gasteiger partial charge in [-0.25, -0.2) is 0 Å². The number of carbonyl (C=O) groups excluding carboxylic acids is 1. The van der Waals surface area contributed by atoms with Crippen LogP contribution in [0.25, 0.3) is 0 Å². The molecule has 2 aliphatic rings. The first-order valence-corrected chi connectivity index (χ1v) is 10.9. The number of aliphatic hydroxyl groups is 1. The number of aromatic hydroxyl groups is 1. The summed E-state index contributed by atoms with van der Waals surface area (Å²) >= 11 is 5.93. The van der Waals surface area contributed by atoms with Gasteiger partial charge in [-0.1, -0.05) is 17.7 Å². The van der Waals surface area contributed by atoms with Gasteiger partial charge < -0.3 is 25.4 Å². The van der Waals surface area contributed by atoms with Gasteiger partial charge in [-0.15, -0.1) is 0 Å². The lowest BCUT2D eigenvalue weighted by atomic mass is 10.1. The molecule has 1 heterocycles. The fourth-order valence-corrected chi connectivity index (χ4v) is 4.58. The highest BCUT2D eigenvalue weighted by molar-refractivity contribution is 6.30. The number of ether oxygens (including phenoxy) is 2. The number of nitrogens with two attached hydrogens (primary N) is 1. The smallest absolute Gasteiger partial charge is 0.221 e. The minimum atomic E-state index is -0.682. The van der Waals surface area contributed by atoms with Crippen LogP contribution in [0.1, 0.15) is 24.8 Å². The number of likely N-dealkylation sites (tertiary alicyclic amines) is 1. The minimum Gasteiger partial charge on any atom is -0.508 e. The maximum absolute atomic E-state index is 11.3. The summed E-state index contributed by atoms with van der Waals surface area (Å²) in [5.74, 6) is 0.724. The van der Waals surface area contributed by atoms with Crippen molar-refractivity contribution in [3.63, 3.8) is 0 Å². The van der Waals surface area contributed by atoms with Crippen LogP contribution in [0.3, 0.4) is 0 Å². The van der Waals surface area contributed by atoms with E-state index in [9.17, 15) is 15.0 Å². The highest BCUT2D eigenvalue weighted by Gasteiger charge is 2.42. The van der Waals surface area contributed by atoms with Crippen LogP contribution in [0, 0.1) is 0 Å². The number of aliphatic hydroxyl groups excluding tert-OH is 1. The van der Waals surface area contributed by atoms with Gasteiger partial charge in [0, 0.05) is 35.8 Å². The van der Waals surface area contributed by atoms with Gasteiger partial charge >= 0.3 is 0 Å². The molecule has 2 aromatic rings. The number of halogens is 1. The third-order valence-corrected chi connectivity index (χ3v) is 6.23. The molecule has 1 aliphatic heterocycles. The van der Waals surface area contributed by atoms with Crippen LogP contribution in [-0.2, 0) is 11.2 Å². The van der Waals surface area contributed by atoms with Crippen molar-refractivity contribution < 1.29 is 24.5 Å². The molecule has 2 aromatic carbocycles. The Labute approximate surface area is 186 Å². The third-order valence-electron chi connectivity index (χ3n) is 5.98. The van der Waals surface area contributed by atoms with E-state index in [0.29, 0.717) is 22.8 Å². The van der Waals surface area contributed by atoms with E-state index in [-0.39, 0.29) is 24.3 Å². The summed E-state index contributed by atoms with van der Waals surface area (Å²) in [5.41, 5.74) is 5.91. The lowest BCUT2D eigenvalue weighted by molar-refractivity contribution is -0.117. The molecule has 4 atom stereocenters. The molecule has 0 unspecified atom stereocenters. The van der Waals surface area contributed by atoms with E-state index in [1.54, 1.807) is 18.2 Å². The lowest BCUT2D eigenvalue weighted by Gasteiger charge is -2.28. The average molecular weight is 447 g/mol. The Morgan fingerprint density at radius 1 is 1.13 bits per heavy atom. The van der Waals surface area contributed by atoms with Gasteiger partial charge in [0.25, 0.3) is 0 Å². The van der Waals surface area contributed by atoms with E-state index in [0.717, 1.165) is 31.7 Å². The van der Waals surface area contributed by atoms with Crippen molar-refractivity contribution in [2.24, 2.45) is 5.73 Å². The van der Waals surface area contributed by atoms with E-state index in [1.165, 1.54) is 12.1 Å². The first-order valence-electron chi connectivity index (χ1n) is 10.5. The van der Waals surface area contributed by atoms with Crippen LogP contribution in [0.4, 0.5) is 0 Å². The molecule has 0 bridgehead atoms. The first-order chi connectivity index (χ1) is 14.9. The number of primary amides is 1. The zero-order chi connectivity index (χ0) is 22.0. The first kappa shape index (κ1) is 21.7. The highest BCUT2D eigenvalue weighted by atomic mass is 35.5. The molecule has 0 spiro atoms. The van der Waals surface area contributed by atoms with Crippen molar-refractivity contribution in [1.82, 2.24) is 4.90 Å². The number of phenolic OH excluding ortho intramolecular Hbond substituents is 1. The van der Waals surface area contributed by atoms with Crippen LogP contribution in [-0.4, -0.2) is 58.5 Å². The molecule has 31 heavy (non-hydrogen) atoms. The van der Waals surface area contributed by atoms with E-state index in [1.807, 2.05) is 12.1 Å². The molecule has 1 saturated carbocycles. The highest BCUT2D eigenvalue weighted by Crippen LogP contribution is 2.34. The minimum absolute atomic E-state index is 0.0116. The normalized spacial score (nSPS) is 26.1. The summed E-state index contributed by atoms with van der Waals surface area (Å²) in [6.07, 6.45) is 1.32. The van der Waals surface area contributed by atoms with Gasteiger partial charge in [0.2, 0.25) is 5.91 Å². The summed E-state index contributed by atoms with van der Waals surface area (Å²) < 4.78 is 12.1. The number of rotatable bonds is 7. The van der Waals surface area contributed by atoms with E-state index in [2.05, 4.69) is 4.90 Å². The Balaban J connectivity index is 1.36. The monoisotopic (exact) mass is 446 g/mol. The molecule has 2 fully saturated rings. The van der Waals surface area contributed by atoms with Crippen LogP contribution in [0.5, 0.6) is 17.2 Å². The summed E-state index contributed by atoms with van der Waals surface area (Å²) in [5, 5.41) is 21.4. The fourth-order valence-electron chi connectivity index (χ4n) is 4.46. The second-order valence-corrected chi connectivity index (χ2v) is 8.64. The Bertz CT molecular complexity index is 923. The van der Waals surface area contributed by atoms with Gasteiger partial charge in [0.1, 0.15) is 35.6 Å². The number of hydrogen-bond donors (Lipinski definition) is 3. The van der Waals surface area contributed by atoms with Gasteiger partial charge in [0.15, 0.2) is 0 Å². The predicted octanol–water partition coefficient (Wildman–Crippen LogP) is 2.50. The quantitative estimate of drug-likeness (QED) is 0.603. The maximum atomic E-state index is 11.3. The fraction of sp³-hybridized carbons (Fsp3) is 0.435. The van der Waals surface area contributed by atoms with Crippen LogP contribution < -0.4 is 15.2 Å². The molecule has 0 aromatic heterocycles. The van der Waals surface area contributed by atoms with Gasteiger partial charge in [-0.3, -0.25) is 9.69 Å². The number of amides is 1. The third kappa shape index (κ3) is 5.23. The van der Waals surface area contributed by atoms with Gasteiger partial charge in [-0.05, 0) is 49.6 Å². The number of carbonyl (C=O) groups is 1. The number of nitrogens with zero attached hydrogens (tertiary/aromatic N) is 1. The second-order valence-electron chi connectivity index (χ2n) is 8.20. The topological polar surface area (TPSA) is 105 Å². The van der Waals surface area contributed by atoms with Crippen LogP contribution >= 0.6 is 11.6 Å². The Hall–Kier alpha value is -2.48. The van der Waals surface area contributed by atoms with Crippen molar-refractivity contribution >= 4 is 17.5 Å². The van der Waals surface area contributed by atoms with Crippen LogP contribution in [0.15, 0.2) is 42.5 Å². The van der Waals surface area contributed by atoms with Crippen molar-refractivity contribution in [1.29, 1.82) is 0 Å². The SMILES string of the molecule is NC(=O)Cc1ccc(O)cc1O[C@H]1CC[C@H](N2CC[C@H](Oc3ccc(Cl)cc3)C2)[C@H]1O. The van der Waals surface area contributed by atoms with Crippen molar-refractivity contribution in [2.75, 3.05) is 13.1 Å². The maximum Gasteiger partial charge on any atom is 0.221 e. The predicted molar refractivity (Wildman–Crippen MR) is 117 cm³/mol. The molecule has 4 rings (SSSR count). The summed E-state index contributed by atoms with van der Waals surface area (Å²) in [6, 6.07) is 11.9. The van der Waals surface area contributed by atoms with Gasteiger partial charge in [0.05, 0.1) is 6.42 Å². The molecule has 166 valence electrons. The number of hydrogen-bond acceptors (Lipinski definition) is 6. The Morgan fingerprint density at radius 2 is 1.90 bits per heavy atom. The lowest BCUT2D eigenvalue weighted by Crippen LogP contribution is -2.44. The number of benzene rings is 2. The van der Waals surface area contributed by atoms with Crippen molar-refractivity contribution in [3.05, 3.63) is 53.1 Å². The molecule has 0 radical (unpaired) electrons. The second kappa shape index (κ2) is 9.34. The van der Waals surface area contributed by atoms with Gasteiger partial charge in [-0.2, -0.15) is 0 Å². The Kier molecular flexibility index (Phi) is 6.55. The molecule has 4 N–H and O–H groups in total. The molecule has 1 aliphatic carbocycles. The molecule has 8 heteroatoms. The zero-order valence-electron chi connectivity index (χ0n) is 17.1. The van der Waals surface area contributed by atoms with Crippen LogP contribution in [0.2, 0.25) is 5.02 Å². The molecule has 1 amide bonds. The number of phenols is 1. The zero-order valence-corrected chi connectivity index (χ0v) is 17.9. The van der Waals surface area contributed by atoms with E-state index < -0.39 is 18.1 Å². The summed E-state index contributed by atoms with van der Waals surface area (Å²) in [4.78, 5) is 13.6. The van der Waals surface area contributed by atoms with E-state index in [4.69, 9.17) is 26.8 Å². The molecule has 7 nitrogen and oxygen atoms in total. The van der Waals surface area contributed by atoms with E-state index >= 15 is 0 Å².